The van der Waals surface area contributed by atoms with Crippen molar-refractivity contribution in [1.82, 2.24) is 0 Å². The summed E-state index contributed by atoms with van der Waals surface area (Å²) >= 11 is 0. The number of para-hydroxylation sites is 1. The molecule has 31 heavy (non-hydrogen) atoms. The van der Waals surface area contributed by atoms with Crippen molar-refractivity contribution in [3.8, 4) is 0 Å². The summed E-state index contributed by atoms with van der Waals surface area (Å²) in [5.74, 6) is -1.37. The summed E-state index contributed by atoms with van der Waals surface area (Å²) in [4.78, 5) is 28.2. The van der Waals surface area contributed by atoms with Crippen molar-refractivity contribution < 1.29 is 22.8 Å². The van der Waals surface area contributed by atoms with Crippen LogP contribution in [0.2, 0.25) is 0 Å². The molecule has 0 radical (unpaired) electrons. The van der Waals surface area contributed by atoms with Gasteiger partial charge in [-0.25, -0.2) is 0 Å². The van der Waals surface area contributed by atoms with Gasteiger partial charge in [-0.2, -0.15) is 13.2 Å². The summed E-state index contributed by atoms with van der Waals surface area (Å²) in [7, 11) is 0. The molecule has 162 valence electrons. The number of alkyl halides is 3. The summed E-state index contributed by atoms with van der Waals surface area (Å²) in [6.07, 6.45) is -4.05. The molecule has 0 spiro atoms. The molecule has 0 saturated carbocycles. The first kappa shape index (κ1) is 21.3. The Kier molecular flexibility index (Phi) is 5.07. The third kappa shape index (κ3) is 3.80. The smallest absolute Gasteiger partial charge is 0.294 e. The Bertz CT molecular complexity index is 1100. The summed E-state index contributed by atoms with van der Waals surface area (Å²) < 4.78 is 41.2. The van der Waals surface area contributed by atoms with Crippen LogP contribution in [0.1, 0.15) is 55.7 Å². The van der Waals surface area contributed by atoms with Gasteiger partial charge in [-0.05, 0) is 42.0 Å². The van der Waals surface area contributed by atoms with Gasteiger partial charge in [0.1, 0.15) is 0 Å². The van der Waals surface area contributed by atoms with Gasteiger partial charge in [-0.3, -0.25) is 14.5 Å². The van der Waals surface area contributed by atoms with Gasteiger partial charge in [-0.15, -0.1) is 0 Å². The molecule has 1 heterocycles. The van der Waals surface area contributed by atoms with E-state index in [1.54, 1.807) is 4.90 Å². The minimum absolute atomic E-state index is 0.00617. The normalized spacial score (nSPS) is 21.4. The number of allylic oxidation sites excluding steroid dienone is 2. The third-order valence-electron chi connectivity index (χ3n) is 6.14. The van der Waals surface area contributed by atoms with Gasteiger partial charge in [-0.1, -0.05) is 50.2 Å². The number of hydrogen-bond donors (Lipinski definition) is 0. The van der Waals surface area contributed by atoms with Crippen molar-refractivity contribution in [2.75, 3.05) is 4.90 Å². The molecule has 2 aromatic rings. The monoisotopic (exact) mass is 427 g/mol. The minimum Gasteiger partial charge on any atom is -0.294 e. The Hall–Kier alpha value is -2.89. The van der Waals surface area contributed by atoms with E-state index in [-0.39, 0.29) is 35.5 Å². The summed E-state index contributed by atoms with van der Waals surface area (Å²) in [5.41, 5.74) is 1.24. The van der Waals surface area contributed by atoms with E-state index in [0.29, 0.717) is 23.4 Å². The maximum atomic E-state index is 13.7. The van der Waals surface area contributed by atoms with E-state index in [9.17, 15) is 22.8 Å². The predicted molar refractivity (Wildman–Crippen MR) is 113 cm³/mol. The molecular weight excluding hydrogens is 403 g/mol. The molecule has 3 nitrogen and oxygen atoms in total. The molecule has 1 amide bonds. The van der Waals surface area contributed by atoms with Gasteiger partial charge in [0.25, 0.3) is 0 Å². The number of aryl methyl sites for hydroxylation is 1. The van der Waals surface area contributed by atoms with E-state index >= 15 is 0 Å². The zero-order chi connectivity index (χ0) is 22.6. The van der Waals surface area contributed by atoms with Crippen LogP contribution in [0.4, 0.5) is 18.9 Å². The molecule has 0 aromatic heterocycles. The maximum absolute atomic E-state index is 13.7. The molecule has 1 aliphatic heterocycles. The zero-order valence-corrected chi connectivity index (χ0v) is 17.7. The van der Waals surface area contributed by atoms with Crippen LogP contribution in [0, 0.1) is 12.3 Å². The highest BCUT2D eigenvalue weighted by molar-refractivity contribution is 6.08. The number of carbonyl (C=O) groups excluding carboxylic acids is 2. The first-order chi connectivity index (χ1) is 14.5. The van der Waals surface area contributed by atoms with Crippen LogP contribution < -0.4 is 4.90 Å². The number of benzene rings is 2. The van der Waals surface area contributed by atoms with Crippen molar-refractivity contribution in [3.05, 3.63) is 76.5 Å². The van der Waals surface area contributed by atoms with E-state index in [1.807, 2.05) is 45.0 Å². The van der Waals surface area contributed by atoms with Gasteiger partial charge >= 0.3 is 6.18 Å². The molecule has 2 aromatic carbocycles. The SMILES string of the molecule is Cc1ccccc1N1C(=O)CC(c2ccccc2C(F)(F)F)C2=C1CC(C)(C)CC2=O. The number of ketones is 1. The first-order valence-electron chi connectivity index (χ1n) is 10.3. The average molecular weight is 427 g/mol. The van der Waals surface area contributed by atoms with Crippen LogP contribution in [0.5, 0.6) is 0 Å². The number of amides is 1. The summed E-state index contributed by atoms with van der Waals surface area (Å²) in [5, 5.41) is 0. The third-order valence-corrected chi connectivity index (χ3v) is 6.14. The summed E-state index contributed by atoms with van der Waals surface area (Å²) in [6, 6.07) is 12.6. The Morgan fingerprint density at radius 2 is 1.61 bits per heavy atom. The predicted octanol–water partition coefficient (Wildman–Crippen LogP) is 6.18. The van der Waals surface area contributed by atoms with Gasteiger partial charge in [0.05, 0.1) is 11.3 Å². The van der Waals surface area contributed by atoms with Crippen molar-refractivity contribution in [2.24, 2.45) is 5.41 Å². The topological polar surface area (TPSA) is 37.4 Å². The molecule has 1 atom stereocenters. The fraction of sp³-hybridized carbons (Fsp3) is 0.360. The largest absolute Gasteiger partial charge is 0.416 e. The van der Waals surface area contributed by atoms with Gasteiger partial charge in [0.2, 0.25) is 5.91 Å². The van der Waals surface area contributed by atoms with E-state index in [1.165, 1.54) is 18.2 Å². The van der Waals surface area contributed by atoms with Crippen LogP contribution in [0.25, 0.3) is 0 Å². The number of nitrogens with zero attached hydrogens (tertiary/aromatic N) is 1. The molecule has 0 saturated heterocycles. The molecule has 1 unspecified atom stereocenters. The number of carbonyl (C=O) groups is 2. The van der Waals surface area contributed by atoms with Crippen LogP contribution in [-0.2, 0) is 15.8 Å². The van der Waals surface area contributed by atoms with Crippen LogP contribution in [0.15, 0.2) is 59.8 Å². The first-order valence-corrected chi connectivity index (χ1v) is 10.3. The lowest BCUT2D eigenvalue weighted by Gasteiger charge is -2.43. The molecule has 0 bridgehead atoms. The molecule has 2 aliphatic rings. The molecular formula is C25H24F3NO2. The number of hydrogen-bond acceptors (Lipinski definition) is 2. The fourth-order valence-electron chi connectivity index (χ4n) is 4.83. The molecule has 6 heteroatoms. The number of halogens is 3. The van der Waals surface area contributed by atoms with E-state index in [4.69, 9.17) is 0 Å². The Morgan fingerprint density at radius 3 is 2.29 bits per heavy atom. The van der Waals surface area contributed by atoms with Crippen LogP contribution >= 0.6 is 0 Å². The molecule has 4 rings (SSSR count). The van der Waals surface area contributed by atoms with Gasteiger partial charge in [0, 0.05) is 30.0 Å². The Labute approximate surface area is 179 Å². The van der Waals surface area contributed by atoms with E-state index in [0.717, 1.165) is 11.6 Å². The Balaban J connectivity index is 1.96. The zero-order valence-electron chi connectivity index (χ0n) is 17.7. The number of rotatable bonds is 2. The fourth-order valence-corrected chi connectivity index (χ4v) is 4.83. The van der Waals surface area contributed by atoms with Crippen molar-refractivity contribution in [1.29, 1.82) is 0 Å². The highest BCUT2D eigenvalue weighted by Crippen LogP contribution is 2.50. The lowest BCUT2D eigenvalue weighted by atomic mass is 9.68. The maximum Gasteiger partial charge on any atom is 0.416 e. The van der Waals surface area contributed by atoms with Gasteiger partial charge < -0.3 is 0 Å². The number of anilines is 1. The van der Waals surface area contributed by atoms with Crippen molar-refractivity contribution in [2.45, 2.75) is 52.1 Å². The summed E-state index contributed by atoms with van der Waals surface area (Å²) in [6.45, 7) is 5.77. The highest BCUT2D eigenvalue weighted by Gasteiger charge is 2.46. The molecule has 0 fully saturated rings. The Morgan fingerprint density at radius 1 is 0.968 bits per heavy atom. The second-order valence-electron chi connectivity index (χ2n) is 9.16. The highest BCUT2D eigenvalue weighted by atomic mass is 19.4. The molecule has 1 aliphatic carbocycles. The second kappa shape index (κ2) is 7.36. The van der Waals surface area contributed by atoms with E-state index in [2.05, 4.69) is 0 Å². The second-order valence-corrected chi connectivity index (χ2v) is 9.16. The van der Waals surface area contributed by atoms with E-state index < -0.39 is 17.7 Å². The molecule has 0 N–H and O–H groups in total. The standard InChI is InChI=1S/C25H24F3NO2/c1-15-8-4-7-11-19(15)29-20-13-24(2,3)14-21(30)23(20)17(12-22(29)31)16-9-5-6-10-18(16)25(26,27)28/h4-11,17H,12-14H2,1-3H3. The number of Topliss-reactive ketones (excluding diaryl/α,β-unsaturated/α-hetero) is 1. The van der Waals surface area contributed by atoms with Crippen molar-refractivity contribution in [3.63, 3.8) is 0 Å². The lowest BCUT2D eigenvalue weighted by molar-refractivity contribution is -0.138. The minimum atomic E-state index is -4.56. The van der Waals surface area contributed by atoms with Gasteiger partial charge in [0.15, 0.2) is 5.78 Å². The lowest BCUT2D eigenvalue weighted by Crippen LogP contribution is -2.44. The van der Waals surface area contributed by atoms with Crippen LogP contribution in [-0.4, -0.2) is 11.7 Å². The quantitative estimate of drug-likeness (QED) is 0.574. The van der Waals surface area contributed by atoms with Crippen molar-refractivity contribution >= 4 is 17.4 Å². The van der Waals surface area contributed by atoms with Crippen LogP contribution in [0.3, 0.4) is 0 Å². The average Bonchev–Trinajstić information content (AvgIpc) is 2.66.